The molecule has 16 heavy (non-hydrogen) atoms. The number of benzene rings is 1. The Labute approximate surface area is 95.4 Å². The molecule has 0 saturated carbocycles. The van der Waals surface area contributed by atoms with Gasteiger partial charge in [0, 0.05) is 18.8 Å². The fourth-order valence-corrected chi connectivity index (χ4v) is 2.03. The highest BCUT2D eigenvalue weighted by molar-refractivity contribution is 5.95. The molecule has 1 aliphatic rings. The Balaban J connectivity index is 2.32. The maximum atomic E-state index is 11.8. The molecule has 4 nitrogen and oxygen atoms in total. The standard InChI is InChI=1S/C12H17N3O/c1-3-14-12(16)15-5-4-9-6-8(2)10(13)7-11(9)15/h6-7H,3-5,13H2,1-2H3,(H,14,16). The predicted octanol–water partition coefficient (Wildman–Crippen LogP) is 1.67. The molecule has 1 aromatic rings. The molecule has 2 amide bonds. The summed E-state index contributed by atoms with van der Waals surface area (Å²) in [6, 6.07) is 3.93. The Morgan fingerprint density at radius 1 is 1.56 bits per heavy atom. The number of nitrogen functional groups attached to an aromatic ring is 1. The first-order valence-corrected chi connectivity index (χ1v) is 5.58. The van der Waals surface area contributed by atoms with E-state index in [1.54, 1.807) is 4.90 Å². The van der Waals surface area contributed by atoms with Crippen LogP contribution < -0.4 is 16.0 Å². The van der Waals surface area contributed by atoms with E-state index in [0.29, 0.717) is 6.54 Å². The quantitative estimate of drug-likeness (QED) is 0.706. The summed E-state index contributed by atoms with van der Waals surface area (Å²) in [5.41, 5.74) is 9.86. The smallest absolute Gasteiger partial charge is 0.321 e. The van der Waals surface area contributed by atoms with E-state index in [1.165, 1.54) is 5.56 Å². The number of carbonyl (C=O) groups excluding carboxylic acids is 1. The van der Waals surface area contributed by atoms with Crippen molar-refractivity contribution >= 4 is 17.4 Å². The molecule has 3 N–H and O–H groups in total. The van der Waals surface area contributed by atoms with Crippen LogP contribution in [0.4, 0.5) is 16.2 Å². The highest BCUT2D eigenvalue weighted by Gasteiger charge is 2.24. The summed E-state index contributed by atoms with van der Waals surface area (Å²) in [5.74, 6) is 0. The van der Waals surface area contributed by atoms with E-state index in [4.69, 9.17) is 5.73 Å². The summed E-state index contributed by atoms with van der Waals surface area (Å²) in [7, 11) is 0. The van der Waals surface area contributed by atoms with Crippen LogP contribution in [0.3, 0.4) is 0 Å². The molecule has 0 bridgehead atoms. The minimum absolute atomic E-state index is 0.0375. The molecular formula is C12H17N3O. The van der Waals surface area contributed by atoms with Gasteiger partial charge in [0.05, 0.1) is 5.69 Å². The number of fused-ring (bicyclic) bond motifs is 1. The maximum absolute atomic E-state index is 11.8. The zero-order valence-electron chi connectivity index (χ0n) is 9.71. The van der Waals surface area contributed by atoms with Gasteiger partial charge in [-0.2, -0.15) is 0 Å². The van der Waals surface area contributed by atoms with Crippen LogP contribution in [-0.2, 0) is 6.42 Å². The van der Waals surface area contributed by atoms with Gasteiger partial charge < -0.3 is 11.1 Å². The summed E-state index contributed by atoms with van der Waals surface area (Å²) < 4.78 is 0. The monoisotopic (exact) mass is 219 g/mol. The third-order valence-corrected chi connectivity index (χ3v) is 2.94. The van der Waals surface area contributed by atoms with Crippen LogP contribution in [0.5, 0.6) is 0 Å². The van der Waals surface area contributed by atoms with Crippen molar-refractivity contribution in [3.63, 3.8) is 0 Å². The van der Waals surface area contributed by atoms with Gasteiger partial charge in [-0.25, -0.2) is 4.79 Å². The Hall–Kier alpha value is -1.71. The van der Waals surface area contributed by atoms with Crippen molar-refractivity contribution < 1.29 is 4.79 Å². The van der Waals surface area contributed by atoms with E-state index in [0.717, 1.165) is 29.9 Å². The molecule has 0 atom stereocenters. The average molecular weight is 219 g/mol. The number of nitrogens with one attached hydrogen (secondary N) is 1. The van der Waals surface area contributed by atoms with Gasteiger partial charge in [-0.3, -0.25) is 4.90 Å². The first kappa shape index (κ1) is 10.8. The molecule has 0 aliphatic carbocycles. The number of aryl methyl sites for hydroxylation is 1. The van der Waals surface area contributed by atoms with Gasteiger partial charge in [-0.05, 0) is 37.5 Å². The number of nitrogens with zero attached hydrogens (tertiary/aromatic N) is 1. The van der Waals surface area contributed by atoms with Gasteiger partial charge in [0.15, 0.2) is 0 Å². The van der Waals surface area contributed by atoms with Crippen molar-refractivity contribution in [2.75, 3.05) is 23.7 Å². The summed E-state index contributed by atoms with van der Waals surface area (Å²) in [6.07, 6.45) is 0.910. The minimum atomic E-state index is -0.0375. The van der Waals surface area contributed by atoms with Crippen LogP contribution in [0.1, 0.15) is 18.1 Å². The van der Waals surface area contributed by atoms with Gasteiger partial charge in [-0.15, -0.1) is 0 Å². The lowest BCUT2D eigenvalue weighted by Gasteiger charge is -2.18. The predicted molar refractivity (Wildman–Crippen MR) is 65.7 cm³/mol. The summed E-state index contributed by atoms with van der Waals surface area (Å²) in [4.78, 5) is 13.5. The lowest BCUT2D eigenvalue weighted by Crippen LogP contribution is -2.38. The minimum Gasteiger partial charge on any atom is -0.398 e. The van der Waals surface area contributed by atoms with Crippen LogP contribution in [-0.4, -0.2) is 19.1 Å². The Morgan fingerprint density at radius 3 is 3.00 bits per heavy atom. The number of carbonyl (C=O) groups is 1. The maximum Gasteiger partial charge on any atom is 0.321 e. The zero-order chi connectivity index (χ0) is 11.7. The van der Waals surface area contributed by atoms with Gasteiger partial charge in [0.25, 0.3) is 0 Å². The number of rotatable bonds is 1. The number of nitrogens with two attached hydrogens (primary N) is 1. The summed E-state index contributed by atoms with van der Waals surface area (Å²) >= 11 is 0. The number of hydrogen-bond donors (Lipinski definition) is 2. The third kappa shape index (κ3) is 1.71. The van der Waals surface area contributed by atoms with Crippen molar-refractivity contribution in [3.8, 4) is 0 Å². The highest BCUT2D eigenvalue weighted by atomic mass is 16.2. The molecule has 1 aliphatic heterocycles. The van der Waals surface area contributed by atoms with Crippen LogP contribution in [0, 0.1) is 6.92 Å². The van der Waals surface area contributed by atoms with E-state index < -0.39 is 0 Å². The Bertz CT molecular complexity index is 429. The van der Waals surface area contributed by atoms with Gasteiger partial charge in [0.2, 0.25) is 0 Å². The normalized spacial score (nSPS) is 13.8. The molecule has 86 valence electrons. The topological polar surface area (TPSA) is 58.4 Å². The second kappa shape index (κ2) is 4.04. The molecule has 2 rings (SSSR count). The zero-order valence-corrected chi connectivity index (χ0v) is 9.71. The number of amides is 2. The first-order chi connectivity index (χ1) is 7.63. The van der Waals surface area contributed by atoms with E-state index in [1.807, 2.05) is 19.9 Å². The van der Waals surface area contributed by atoms with Crippen molar-refractivity contribution in [2.24, 2.45) is 0 Å². The first-order valence-electron chi connectivity index (χ1n) is 5.58. The number of urea groups is 1. The van der Waals surface area contributed by atoms with Crippen LogP contribution >= 0.6 is 0 Å². The Kier molecular flexibility index (Phi) is 2.73. The molecule has 0 saturated heterocycles. The lowest BCUT2D eigenvalue weighted by atomic mass is 10.1. The number of hydrogen-bond acceptors (Lipinski definition) is 2. The average Bonchev–Trinajstić information content (AvgIpc) is 2.62. The van der Waals surface area contributed by atoms with E-state index >= 15 is 0 Å². The summed E-state index contributed by atoms with van der Waals surface area (Å²) in [6.45, 7) is 5.29. The highest BCUT2D eigenvalue weighted by Crippen LogP contribution is 2.31. The number of anilines is 2. The van der Waals surface area contributed by atoms with Crippen molar-refractivity contribution in [3.05, 3.63) is 23.3 Å². The van der Waals surface area contributed by atoms with Gasteiger partial charge >= 0.3 is 6.03 Å². The molecule has 0 aromatic heterocycles. The van der Waals surface area contributed by atoms with Crippen LogP contribution in [0.15, 0.2) is 12.1 Å². The summed E-state index contributed by atoms with van der Waals surface area (Å²) in [5, 5.41) is 2.81. The van der Waals surface area contributed by atoms with Gasteiger partial charge in [-0.1, -0.05) is 6.07 Å². The molecule has 0 unspecified atom stereocenters. The van der Waals surface area contributed by atoms with Gasteiger partial charge in [0.1, 0.15) is 0 Å². The van der Waals surface area contributed by atoms with E-state index in [9.17, 15) is 4.79 Å². The third-order valence-electron chi connectivity index (χ3n) is 2.94. The van der Waals surface area contributed by atoms with Crippen LogP contribution in [0.2, 0.25) is 0 Å². The molecule has 1 heterocycles. The lowest BCUT2D eigenvalue weighted by molar-refractivity contribution is 0.247. The molecule has 0 radical (unpaired) electrons. The molecule has 4 heteroatoms. The van der Waals surface area contributed by atoms with Crippen LogP contribution in [0.25, 0.3) is 0 Å². The second-order valence-electron chi connectivity index (χ2n) is 4.07. The van der Waals surface area contributed by atoms with Crippen molar-refractivity contribution in [1.29, 1.82) is 0 Å². The molecular weight excluding hydrogens is 202 g/mol. The SMILES string of the molecule is CCNC(=O)N1CCc2cc(C)c(N)cc21. The molecule has 1 aromatic carbocycles. The Morgan fingerprint density at radius 2 is 2.31 bits per heavy atom. The van der Waals surface area contributed by atoms with E-state index in [-0.39, 0.29) is 6.03 Å². The second-order valence-corrected chi connectivity index (χ2v) is 4.07. The fraction of sp³-hybridized carbons (Fsp3) is 0.417. The fourth-order valence-electron chi connectivity index (χ4n) is 2.03. The molecule has 0 spiro atoms. The van der Waals surface area contributed by atoms with E-state index in [2.05, 4.69) is 11.4 Å². The van der Waals surface area contributed by atoms with Crippen molar-refractivity contribution in [1.82, 2.24) is 5.32 Å². The molecule has 0 fully saturated rings. The largest absolute Gasteiger partial charge is 0.398 e. The van der Waals surface area contributed by atoms with Crippen molar-refractivity contribution in [2.45, 2.75) is 20.3 Å².